The van der Waals surface area contributed by atoms with Crippen molar-refractivity contribution in [1.82, 2.24) is 10.8 Å². The Morgan fingerprint density at radius 3 is 2.12 bits per heavy atom. The van der Waals surface area contributed by atoms with Crippen LogP contribution in [0.25, 0.3) is 0 Å². The maximum Gasteiger partial charge on any atom is 0.338 e. The van der Waals surface area contributed by atoms with Crippen molar-refractivity contribution in [2.45, 2.75) is 27.7 Å². The fourth-order valence-corrected chi connectivity index (χ4v) is 1.65. The molecule has 0 aromatic heterocycles. The van der Waals surface area contributed by atoms with Gasteiger partial charge in [0.05, 0.1) is 0 Å². The lowest BCUT2D eigenvalue weighted by molar-refractivity contribution is -0.144. The van der Waals surface area contributed by atoms with Crippen LogP contribution in [0.15, 0.2) is 0 Å². The molecule has 3 N–H and O–H groups in total. The fourth-order valence-electron chi connectivity index (χ4n) is 1.65. The average molecular weight is 246 g/mol. The van der Waals surface area contributed by atoms with Gasteiger partial charge in [-0.05, 0) is 17.8 Å². The molecule has 0 aliphatic rings. The Labute approximate surface area is 102 Å². The van der Waals surface area contributed by atoms with Crippen LogP contribution in [-0.4, -0.2) is 30.3 Å². The zero-order valence-electron chi connectivity index (χ0n) is 10.8. The zero-order valence-corrected chi connectivity index (χ0v) is 10.8. The highest BCUT2D eigenvalue weighted by Crippen LogP contribution is 2.19. The maximum absolute atomic E-state index is 11.2. The summed E-state index contributed by atoms with van der Waals surface area (Å²) >= 11 is 0. The van der Waals surface area contributed by atoms with E-state index in [0.29, 0.717) is 24.3 Å². The molecule has 0 radical (unpaired) electrons. The highest BCUT2D eigenvalue weighted by Gasteiger charge is 2.18. The van der Waals surface area contributed by atoms with Gasteiger partial charge in [-0.25, -0.2) is 15.1 Å². The number of urea groups is 1. The molecule has 6 heteroatoms. The summed E-state index contributed by atoms with van der Waals surface area (Å²) < 4.78 is 0. The summed E-state index contributed by atoms with van der Waals surface area (Å²) in [6.45, 7) is 8.40. The van der Waals surface area contributed by atoms with E-state index >= 15 is 0 Å². The molecule has 0 saturated carbocycles. The van der Waals surface area contributed by atoms with Crippen molar-refractivity contribution in [2.24, 2.45) is 17.8 Å². The van der Waals surface area contributed by atoms with E-state index in [1.807, 2.05) is 5.48 Å². The number of carbonyl (C=O) groups excluding carboxylic acids is 1. The molecule has 0 saturated heterocycles. The first-order chi connectivity index (χ1) is 7.84. The highest BCUT2D eigenvalue weighted by molar-refractivity contribution is 5.73. The third-order valence-corrected chi connectivity index (χ3v) is 2.57. The number of rotatable bonds is 7. The second-order valence-corrected chi connectivity index (χ2v) is 4.65. The highest BCUT2D eigenvalue weighted by atomic mass is 16.7. The smallest absolute Gasteiger partial charge is 0.338 e. The number of hydroxylamine groups is 1. The average Bonchev–Trinajstić information content (AvgIpc) is 2.15. The van der Waals surface area contributed by atoms with Crippen molar-refractivity contribution in [2.75, 3.05) is 13.2 Å². The van der Waals surface area contributed by atoms with Crippen molar-refractivity contribution < 1.29 is 19.5 Å². The quantitative estimate of drug-likeness (QED) is 0.589. The third kappa shape index (κ3) is 7.57. The topological polar surface area (TPSA) is 87.7 Å². The van der Waals surface area contributed by atoms with Gasteiger partial charge in [0.1, 0.15) is 0 Å². The van der Waals surface area contributed by atoms with E-state index in [9.17, 15) is 9.59 Å². The standard InChI is InChI=1S/C11H22N2O4/c1-7(2)9(8(3)4)5-12-11(16)13-17-6-10(14)15/h7-9H,5-6H2,1-4H3,(H,14,15)(H2,12,13,16). The van der Waals surface area contributed by atoms with Gasteiger partial charge in [-0.1, -0.05) is 27.7 Å². The lowest BCUT2D eigenvalue weighted by Crippen LogP contribution is -2.41. The van der Waals surface area contributed by atoms with Crippen molar-refractivity contribution in [3.05, 3.63) is 0 Å². The van der Waals surface area contributed by atoms with Crippen LogP contribution in [0.4, 0.5) is 4.79 Å². The minimum absolute atomic E-state index is 0.375. The van der Waals surface area contributed by atoms with Gasteiger partial charge < -0.3 is 10.4 Å². The number of carbonyl (C=O) groups is 2. The molecule has 0 unspecified atom stereocenters. The summed E-state index contributed by atoms with van der Waals surface area (Å²) in [6, 6.07) is -0.516. The molecule has 0 bridgehead atoms. The summed E-state index contributed by atoms with van der Waals surface area (Å²) in [5.41, 5.74) is 2.02. The van der Waals surface area contributed by atoms with E-state index < -0.39 is 18.6 Å². The second kappa shape index (κ2) is 7.89. The van der Waals surface area contributed by atoms with Gasteiger partial charge in [-0.2, -0.15) is 0 Å². The van der Waals surface area contributed by atoms with Crippen LogP contribution < -0.4 is 10.8 Å². The predicted molar refractivity (Wildman–Crippen MR) is 63.3 cm³/mol. The zero-order chi connectivity index (χ0) is 13.4. The van der Waals surface area contributed by atoms with E-state index in [2.05, 4.69) is 37.8 Å². The number of amides is 2. The van der Waals surface area contributed by atoms with E-state index in [1.165, 1.54) is 0 Å². The van der Waals surface area contributed by atoms with Crippen LogP contribution in [0.5, 0.6) is 0 Å². The van der Waals surface area contributed by atoms with Crippen LogP contribution in [-0.2, 0) is 9.63 Å². The Hall–Kier alpha value is -1.30. The minimum Gasteiger partial charge on any atom is -0.479 e. The van der Waals surface area contributed by atoms with Gasteiger partial charge in [0.2, 0.25) is 0 Å². The number of aliphatic carboxylic acids is 1. The molecule has 0 aromatic rings. The van der Waals surface area contributed by atoms with Crippen molar-refractivity contribution >= 4 is 12.0 Å². The van der Waals surface area contributed by atoms with Crippen LogP contribution in [0, 0.1) is 17.8 Å². The van der Waals surface area contributed by atoms with Crippen LogP contribution in [0.3, 0.4) is 0 Å². The van der Waals surface area contributed by atoms with Crippen LogP contribution in [0.2, 0.25) is 0 Å². The van der Waals surface area contributed by atoms with Crippen molar-refractivity contribution in [3.63, 3.8) is 0 Å². The predicted octanol–water partition coefficient (Wildman–Crippen LogP) is 1.23. The molecule has 2 amide bonds. The van der Waals surface area contributed by atoms with Crippen LogP contribution in [0.1, 0.15) is 27.7 Å². The molecule has 0 rings (SSSR count). The molecule has 6 nitrogen and oxygen atoms in total. The van der Waals surface area contributed by atoms with Crippen molar-refractivity contribution in [3.8, 4) is 0 Å². The number of hydrogen-bond acceptors (Lipinski definition) is 3. The first-order valence-electron chi connectivity index (χ1n) is 5.72. The molecule has 0 heterocycles. The summed E-state index contributed by atoms with van der Waals surface area (Å²) in [7, 11) is 0. The van der Waals surface area contributed by atoms with Gasteiger partial charge >= 0.3 is 12.0 Å². The molecule has 0 aliphatic carbocycles. The lowest BCUT2D eigenvalue weighted by atomic mass is 9.85. The molecule has 0 aliphatic heterocycles. The Morgan fingerprint density at radius 2 is 1.71 bits per heavy atom. The van der Waals surface area contributed by atoms with Gasteiger partial charge in [-0.3, -0.25) is 4.84 Å². The Bertz CT molecular complexity index is 246. The SMILES string of the molecule is CC(C)C(CNC(=O)NOCC(=O)O)C(C)C. The summed E-state index contributed by atoms with van der Waals surface area (Å²) in [4.78, 5) is 25.8. The number of carboxylic acids is 1. The molecule has 0 fully saturated rings. The number of carboxylic acid groups (broad SMARTS) is 1. The molecule has 100 valence electrons. The first kappa shape index (κ1) is 15.7. The van der Waals surface area contributed by atoms with E-state index in [1.54, 1.807) is 0 Å². The summed E-state index contributed by atoms with van der Waals surface area (Å²) in [6.07, 6.45) is 0. The van der Waals surface area contributed by atoms with Gasteiger partial charge in [0.25, 0.3) is 0 Å². The Balaban J connectivity index is 3.85. The van der Waals surface area contributed by atoms with Gasteiger partial charge in [0.15, 0.2) is 6.61 Å². The molecule has 0 aromatic carbocycles. The van der Waals surface area contributed by atoms with E-state index in [4.69, 9.17) is 5.11 Å². The van der Waals surface area contributed by atoms with E-state index in [0.717, 1.165) is 0 Å². The monoisotopic (exact) mass is 246 g/mol. The van der Waals surface area contributed by atoms with E-state index in [-0.39, 0.29) is 0 Å². The molecule has 0 spiro atoms. The molecular formula is C11H22N2O4. The normalized spacial score (nSPS) is 11.0. The number of nitrogens with one attached hydrogen (secondary N) is 2. The maximum atomic E-state index is 11.2. The van der Waals surface area contributed by atoms with Crippen molar-refractivity contribution in [1.29, 1.82) is 0 Å². The number of hydrogen-bond donors (Lipinski definition) is 3. The lowest BCUT2D eigenvalue weighted by Gasteiger charge is -2.24. The largest absolute Gasteiger partial charge is 0.479 e. The third-order valence-electron chi connectivity index (χ3n) is 2.57. The molecule has 17 heavy (non-hydrogen) atoms. The summed E-state index contributed by atoms with van der Waals surface area (Å²) in [5.74, 6) is 0.179. The fraction of sp³-hybridized carbons (Fsp3) is 0.818. The minimum atomic E-state index is -1.13. The van der Waals surface area contributed by atoms with Crippen LogP contribution >= 0.6 is 0 Å². The summed E-state index contributed by atoms with van der Waals surface area (Å²) in [5, 5.41) is 10.9. The second-order valence-electron chi connectivity index (χ2n) is 4.65. The molecular weight excluding hydrogens is 224 g/mol. The Morgan fingerprint density at radius 1 is 1.18 bits per heavy atom. The Kier molecular flexibility index (Phi) is 7.29. The first-order valence-corrected chi connectivity index (χ1v) is 5.72. The van der Waals surface area contributed by atoms with Gasteiger partial charge in [-0.15, -0.1) is 0 Å². The van der Waals surface area contributed by atoms with Gasteiger partial charge in [0, 0.05) is 6.54 Å². The molecule has 0 atom stereocenters.